The first-order valence-corrected chi connectivity index (χ1v) is 24.6. The van der Waals surface area contributed by atoms with Gasteiger partial charge in [-0.15, -0.1) is 0 Å². The van der Waals surface area contributed by atoms with Gasteiger partial charge in [-0.2, -0.15) is 0 Å². The zero-order valence-electron chi connectivity index (χ0n) is 27.8. The van der Waals surface area contributed by atoms with Gasteiger partial charge in [-0.25, -0.2) is 0 Å². The Morgan fingerprint density at radius 3 is 1.50 bits per heavy atom. The molecule has 4 aliphatic carbocycles. The molecule has 4 aromatic rings. The van der Waals surface area contributed by atoms with Crippen molar-refractivity contribution >= 4 is 41.8 Å². The Hall–Kier alpha value is -2.19. The number of aryl methyl sites for hydroxylation is 4. The molecule has 0 N–H and O–H groups in total. The summed E-state index contributed by atoms with van der Waals surface area (Å²) in [6, 6.07) is 20.1. The standard InChI is InChI=1S/C34H30Si.2C4H9.Ti/c1-19-15-27-25-9-5-7-21-11-13-23(31(21)25)17-29(27)33(19)35(3,4)34-20(2)16-28-26-10-6-8-22-12-14-24(32(22)26)18-30(28)34;2*1-3-4-2;/h5-10,15-18H,11-14H2,1-4H3;2*1,3-4H2,2H3;. The molecule has 2 atom stereocenters. The minimum absolute atomic E-state index is 0.351. The van der Waals surface area contributed by atoms with Crippen molar-refractivity contribution in [3.8, 4) is 0 Å². The van der Waals surface area contributed by atoms with Crippen LogP contribution in [0.25, 0.3) is 33.7 Å². The molecule has 224 valence electrons. The summed E-state index contributed by atoms with van der Waals surface area (Å²) in [4.78, 5) is 0. The second-order valence-electron chi connectivity index (χ2n) is 15.7. The van der Waals surface area contributed by atoms with E-state index in [4.69, 9.17) is 0 Å². The predicted octanol–water partition coefficient (Wildman–Crippen LogP) is 11.5. The summed E-state index contributed by atoms with van der Waals surface area (Å²) in [5.74, 6) is 0. The topological polar surface area (TPSA) is 0 Å². The van der Waals surface area contributed by atoms with Crippen molar-refractivity contribution in [2.75, 3.05) is 0 Å². The summed E-state index contributed by atoms with van der Waals surface area (Å²) in [5.41, 5.74) is 17.0. The quantitative estimate of drug-likeness (QED) is 0.186. The molecule has 1 aliphatic heterocycles. The van der Waals surface area contributed by atoms with E-state index >= 15 is 0 Å². The van der Waals surface area contributed by atoms with Crippen LogP contribution in [0.15, 0.2) is 59.7 Å². The number of hydrogen-bond donors (Lipinski definition) is 0. The van der Waals surface area contributed by atoms with Gasteiger partial charge < -0.3 is 0 Å². The molecule has 0 amide bonds. The summed E-state index contributed by atoms with van der Waals surface area (Å²) in [6.45, 7) is 15.9. The molecule has 0 aromatic heterocycles. The van der Waals surface area contributed by atoms with Gasteiger partial charge in [-0.05, 0) is 0 Å². The minimum atomic E-state index is -2.87. The first kappa shape index (κ1) is 28.1. The number of hydrogen-bond acceptors (Lipinski definition) is 0. The van der Waals surface area contributed by atoms with Crippen LogP contribution in [0.3, 0.4) is 0 Å². The maximum atomic E-state index is 2.88. The third-order valence-electron chi connectivity index (χ3n) is 14.0. The molecule has 44 heavy (non-hydrogen) atoms. The molecular weight excluding hydrogens is 580 g/mol. The van der Waals surface area contributed by atoms with Crippen LogP contribution in [0.5, 0.6) is 0 Å². The van der Waals surface area contributed by atoms with Crippen molar-refractivity contribution in [3.63, 3.8) is 0 Å². The monoisotopic (exact) mass is 628 g/mol. The van der Waals surface area contributed by atoms with Gasteiger partial charge in [0.15, 0.2) is 0 Å². The van der Waals surface area contributed by atoms with E-state index in [1.165, 1.54) is 60.8 Å². The van der Waals surface area contributed by atoms with Crippen LogP contribution < -0.4 is 0 Å². The van der Waals surface area contributed by atoms with E-state index in [0.717, 1.165) is 0 Å². The van der Waals surface area contributed by atoms with Gasteiger partial charge in [0, 0.05) is 0 Å². The van der Waals surface area contributed by atoms with Crippen molar-refractivity contribution in [3.05, 3.63) is 104 Å². The molecule has 4 aromatic carbocycles. The van der Waals surface area contributed by atoms with E-state index in [2.05, 4.69) is 101 Å². The Kier molecular flexibility index (Phi) is 5.87. The third kappa shape index (κ3) is 2.82. The Morgan fingerprint density at radius 2 is 1.07 bits per heavy atom. The number of benzene rings is 4. The van der Waals surface area contributed by atoms with E-state index in [9.17, 15) is 0 Å². The Balaban J connectivity index is 1.40. The number of rotatable bonds is 6. The van der Waals surface area contributed by atoms with Crippen molar-refractivity contribution < 1.29 is 16.6 Å². The van der Waals surface area contributed by atoms with Gasteiger partial charge in [0.2, 0.25) is 0 Å². The van der Waals surface area contributed by atoms with Crippen LogP contribution in [-0.4, -0.2) is 8.07 Å². The summed E-state index contributed by atoms with van der Waals surface area (Å²) in [5, 5.41) is 6.35. The molecule has 2 unspecified atom stereocenters. The zero-order chi connectivity index (χ0) is 30.2. The summed E-state index contributed by atoms with van der Waals surface area (Å²) >= 11 is -2.87. The van der Waals surface area contributed by atoms with Crippen LogP contribution in [0.1, 0.15) is 97.9 Å². The van der Waals surface area contributed by atoms with Crippen LogP contribution in [0, 0.1) is 0 Å². The van der Waals surface area contributed by atoms with E-state index < -0.39 is 24.7 Å². The SMILES string of the molecule is CCC[CH2][Ti]1([CH2]CCC)[C]2(C(C)=Cc3c2cc2c4c(cccc34)CC2)[Si](C)(C)[C]12C(C)=Cc1c2cc2c3c(cccc13)CC2. The first-order chi connectivity index (χ1) is 21.3. The summed E-state index contributed by atoms with van der Waals surface area (Å²) < 4.78 is 3.74. The molecule has 9 rings (SSSR count). The zero-order valence-corrected chi connectivity index (χ0v) is 30.4. The summed E-state index contributed by atoms with van der Waals surface area (Å²) in [6.07, 6.45) is 15.8. The molecular formula is C42H48SiTi. The van der Waals surface area contributed by atoms with Crippen molar-refractivity contribution in [1.82, 2.24) is 0 Å². The van der Waals surface area contributed by atoms with Crippen LogP contribution >= 0.6 is 0 Å². The van der Waals surface area contributed by atoms with Crippen molar-refractivity contribution in [1.29, 1.82) is 0 Å². The number of fused-ring (bicyclic) bond motifs is 6. The fourth-order valence-electron chi connectivity index (χ4n) is 13.2. The van der Waals surface area contributed by atoms with Gasteiger partial charge in [0.25, 0.3) is 0 Å². The second-order valence-corrected chi connectivity index (χ2v) is 29.3. The maximum absolute atomic E-state index is 2.88. The van der Waals surface area contributed by atoms with Gasteiger partial charge >= 0.3 is 271 Å². The molecule has 1 fully saturated rings. The molecule has 1 saturated heterocycles. The first-order valence-electron chi connectivity index (χ1n) is 17.8. The van der Waals surface area contributed by atoms with Crippen LogP contribution in [0.2, 0.25) is 22.5 Å². The fraction of sp³-hybridized carbons (Fsp3) is 0.429. The van der Waals surface area contributed by atoms with Gasteiger partial charge in [-0.1, -0.05) is 0 Å². The number of unbranched alkanes of at least 4 members (excludes halogenated alkanes) is 2. The average Bonchev–Trinajstić information content (AvgIpc) is 3.78. The molecule has 0 saturated carbocycles. The number of allylic oxidation sites excluding steroid dienone is 2. The Bertz CT molecular complexity index is 1860. The fourth-order valence-corrected chi connectivity index (χ4v) is 46.7. The second kappa shape index (κ2) is 9.21. The Morgan fingerprint density at radius 1 is 0.636 bits per heavy atom. The van der Waals surface area contributed by atoms with E-state index in [1.54, 1.807) is 66.1 Å². The van der Waals surface area contributed by atoms with E-state index in [1.807, 2.05) is 11.1 Å². The normalized spacial score (nSPS) is 26.0. The molecule has 1 heterocycles. The average molecular weight is 629 g/mol. The molecule has 2 spiro atoms. The van der Waals surface area contributed by atoms with Gasteiger partial charge in [0.1, 0.15) is 0 Å². The molecule has 0 bridgehead atoms. The van der Waals surface area contributed by atoms with Crippen molar-refractivity contribution in [2.24, 2.45) is 0 Å². The van der Waals surface area contributed by atoms with Crippen molar-refractivity contribution in [2.45, 2.75) is 108 Å². The van der Waals surface area contributed by atoms with Gasteiger partial charge in [0.05, 0.1) is 0 Å². The molecule has 5 aliphatic rings. The predicted molar refractivity (Wildman–Crippen MR) is 190 cm³/mol. The molecule has 0 radical (unpaired) electrons. The van der Waals surface area contributed by atoms with Gasteiger partial charge in [-0.3, -0.25) is 0 Å². The Labute approximate surface area is 269 Å². The van der Waals surface area contributed by atoms with E-state index in [-0.39, 0.29) is 0 Å². The summed E-state index contributed by atoms with van der Waals surface area (Å²) in [7, 11) is -2.01. The van der Waals surface area contributed by atoms with Crippen LogP contribution in [-0.2, 0) is 49.0 Å². The van der Waals surface area contributed by atoms with Crippen LogP contribution in [0.4, 0.5) is 0 Å². The van der Waals surface area contributed by atoms with E-state index in [0.29, 0.717) is 6.69 Å². The molecule has 2 heteroatoms. The third-order valence-corrected chi connectivity index (χ3v) is 39.2. The molecule has 0 nitrogen and oxygen atoms in total.